The zero-order valence-corrected chi connectivity index (χ0v) is 11.7. The van der Waals surface area contributed by atoms with Crippen LogP contribution in [0.3, 0.4) is 0 Å². The molecule has 1 saturated carbocycles. The summed E-state index contributed by atoms with van der Waals surface area (Å²) in [7, 11) is 0. The fourth-order valence-corrected chi connectivity index (χ4v) is 3.22. The summed E-state index contributed by atoms with van der Waals surface area (Å²) >= 11 is 0. The van der Waals surface area contributed by atoms with E-state index in [0.717, 1.165) is 18.4 Å². The average molecular weight is 275 g/mol. The van der Waals surface area contributed by atoms with Gasteiger partial charge in [0.1, 0.15) is 0 Å². The minimum atomic E-state index is -0.694. The summed E-state index contributed by atoms with van der Waals surface area (Å²) in [6.45, 7) is 3.07. The molecule has 1 heterocycles. The molecule has 4 heteroatoms. The zero-order valence-electron chi connectivity index (χ0n) is 11.7. The Morgan fingerprint density at radius 1 is 1.35 bits per heavy atom. The number of amides is 1. The van der Waals surface area contributed by atoms with Crippen LogP contribution < -0.4 is 0 Å². The number of hydrogen-bond acceptors (Lipinski definition) is 3. The Kier molecular flexibility index (Phi) is 3.30. The predicted molar refractivity (Wildman–Crippen MR) is 75.1 cm³/mol. The number of likely N-dealkylation sites (tertiary alicyclic amines) is 1. The molecule has 1 aromatic carbocycles. The first-order valence-corrected chi connectivity index (χ1v) is 7.26. The highest BCUT2D eigenvalue weighted by molar-refractivity contribution is 5.94. The minimum Gasteiger partial charge on any atom is -0.392 e. The van der Waals surface area contributed by atoms with Gasteiger partial charge in [0.05, 0.1) is 18.8 Å². The molecule has 2 fully saturated rings. The van der Waals surface area contributed by atoms with Crippen LogP contribution in [0.1, 0.15) is 35.7 Å². The van der Waals surface area contributed by atoms with Gasteiger partial charge >= 0.3 is 0 Å². The van der Waals surface area contributed by atoms with E-state index in [1.54, 1.807) is 29.2 Å². The first-order valence-electron chi connectivity index (χ1n) is 7.26. The highest BCUT2D eigenvalue weighted by Crippen LogP contribution is 2.47. The maximum absolute atomic E-state index is 12.5. The van der Waals surface area contributed by atoms with E-state index in [1.165, 1.54) is 0 Å². The van der Waals surface area contributed by atoms with Crippen molar-refractivity contribution in [3.05, 3.63) is 35.4 Å². The van der Waals surface area contributed by atoms with Crippen molar-refractivity contribution in [2.45, 2.75) is 32.0 Å². The highest BCUT2D eigenvalue weighted by atomic mass is 16.3. The smallest absolute Gasteiger partial charge is 0.253 e. The molecule has 20 heavy (non-hydrogen) atoms. The van der Waals surface area contributed by atoms with Crippen LogP contribution in [0, 0.1) is 11.8 Å². The van der Waals surface area contributed by atoms with E-state index in [2.05, 4.69) is 0 Å². The molecule has 3 rings (SSSR count). The van der Waals surface area contributed by atoms with Gasteiger partial charge in [-0.25, -0.2) is 0 Å². The predicted octanol–water partition coefficient (Wildman–Crippen LogP) is 1.41. The van der Waals surface area contributed by atoms with Crippen molar-refractivity contribution in [3.8, 4) is 0 Å². The summed E-state index contributed by atoms with van der Waals surface area (Å²) in [6, 6.07) is 7.01. The van der Waals surface area contributed by atoms with Crippen molar-refractivity contribution in [3.63, 3.8) is 0 Å². The van der Waals surface area contributed by atoms with Gasteiger partial charge in [0.15, 0.2) is 0 Å². The number of aliphatic hydroxyl groups is 2. The Morgan fingerprint density at radius 3 is 2.55 bits per heavy atom. The van der Waals surface area contributed by atoms with E-state index in [-0.39, 0.29) is 18.4 Å². The molecule has 0 aromatic heterocycles. The summed E-state index contributed by atoms with van der Waals surface area (Å²) in [5, 5.41) is 19.7. The molecule has 0 radical (unpaired) electrons. The second kappa shape index (κ2) is 4.86. The van der Waals surface area contributed by atoms with Crippen LogP contribution >= 0.6 is 0 Å². The third-order valence-electron chi connectivity index (χ3n) is 4.75. The Hall–Kier alpha value is -1.39. The summed E-state index contributed by atoms with van der Waals surface area (Å²) < 4.78 is 0. The normalized spacial score (nSPS) is 29.8. The van der Waals surface area contributed by atoms with Crippen molar-refractivity contribution in [1.82, 2.24) is 4.90 Å². The van der Waals surface area contributed by atoms with Gasteiger partial charge in [-0.3, -0.25) is 4.79 Å². The van der Waals surface area contributed by atoms with Gasteiger partial charge in [0.2, 0.25) is 0 Å². The molecule has 1 saturated heterocycles. The molecule has 0 bridgehead atoms. The molecule has 0 unspecified atom stereocenters. The number of carbonyl (C=O) groups excluding carboxylic acids is 1. The van der Waals surface area contributed by atoms with Crippen LogP contribution in [0.25, 0.3) is 0 Å². The van der Waals surface area contributed by atoms with Crippen molar-refractivity contribution in [2.75, 3.05) is 13.1 Å². The molecular formula is C16H21NO3. The molecule has 1 amide bonds. The molecule has 108 valence electrons. The second-order valence-corrected chi connectivity index (χ2v) is 6.21. The monoisotopic (exact) mass is 275 g/mol. The Balaban J connectivity index is 1.74. The van der Waals surface area contributed by atoms with E-state index in [1.807, 2.05) is 6.92 Å². The number of nitrogens with zero attached hydrogens (tertiary/aromatic N) is 1. The van der Waals surface area contributed by atoms with Crippen molar-refractivity contribution in [1.29, 1.82) is 0 Å². The number of rotatable bonds is 3. The zero-order chi connectivity index (χ0) is 14.3. The van der Waals surface area contributed by atoms with Crippen LogP contribution in [0.5, 0.6) is 0 Å². The lowest BCUT2D eigenvalue weighted by Crippen LogP contribution is -2.40. The fraction of sp³-hybridized carbons (Fsp3) is 0.562. The van der Waals surface area contributed by atoms with Gasteiger partial charge in [-0.15, -0.1) is 0 Å². The van der Waals surface area contributed by atoms with Gasteiger partial charge in [-0.1, -0.05) is 19.1 Å². The van der Waals surface area contributed by atoms with Crippen molar-refractivity contribution < 1.29 is 15.0 Å². The molecule has 1 aromatic rings. The third kappa shape index (κ3) is 2.23. The highest BCUT2D eigenvalue weighted by Gasteiger charge is 2.53. The molecule has 1 aliphatic heterocycles. The molecular weight excluding hydrogens is 254 g/mol. The second-order valence-electron chi connectivity index (χ2n) is 6.21. The van der Waals surface area contributed by atoms with E-state index in [4.69, 9.17) is 5.11 Å². The molecule has 2 aliphatic rings. The first kappa shape index (κ1) is 13.6. The number of carbonyl (C=O) groups is 1. The molecule has 2 N–H and O–H groups in total. The number of hydrogen-bond donors (Lipinski definition) is 2. The summed E-state index contributed by atoms with van der Waals surface area (Å²) in [6.07, 6.45) is 2.15. The molecule has 2 atom stereocenters. The lowest BCUT2D eigenvalue weighted by atomic mass is 9.88. The van der Waals surface area contributed by atoms with Crippen LogP contribution in [0.2, 0.25) is 0 Å². The lowest BCUT2D eigenvalue weighted by Gasteiger charge is -2.26. The van der Waals surface area contributed by atoms with Crippen molar-refractivity contribution >= 4 is 5.91 Å². The topological polar surface area (TPSA) is 60.8 Å². The van der Waals surface area contributed by atoms with Gasteiger partial charge in [-0.2, -0.15) is 0 Å². The Morgan fingerprint density at radius 2 is 2.00 bits per heavy atom. The SMILES string of the molecule is C[C@@H]1CN(C(=O)c2ccc(CO)cc2)C[C@@]1(O)C1CC1. The summed E-state index contributed by atoms with van der Waals surface area (Å²) in [5.74, 6) is 0.473. The van der Waals surface area contributed by atoms with E-state index in [0.29, 0.717) is 24.6 Å². The van der Waals surface area contributed by atoms with Crippen LogP contribution in [-0.2, 0) is 6.61 Å². The average Bonchev–Trinajstić information content (AvgIpc) is 3.26. The van der Waals surface area contributed by atoms with E-state index < -0.39 is 5.60 Å². The van der Waals surface area contributed by atoms with E-state index >= 15 is 0 Å². The maximum Gasteiger partial charge on any atom is 0.253 e. The quantitative estimate of drug-likeness (QED) is 0.877. The van der Waals surface area contributed by atoms with Gasteiger partial charge in [-0.05, 0) is 36.5 Å². The molecule has 1 aliphatic carbocycles. The summed E-state index contributed by atoms with van der Waals surface area (Å²) in [4.78, 5) is 14.2. The van der Waals surface area contributed by atoms with Gasteiger partial charge in [0, 0.05) is 18.0 Å². The van der Waals surface area contributed by atoms with Crippen molar-refractivity contribution in [2.24, 2.45) is 11.8 Å². The Labute approximate surface area is 119 Å². The van der Waals surface area contributed by atoms with Gasteiger partial charge in [0.25, 0.3) is 5.91 Å². The molecule has 0 spiro atoms. The van der Waals surface area contributed by atoms with Crippen LogP contribution in [-0.4, -0.2) is 39.7 Å². The summed E-state index contributed by atoms with van der Waals surface area (Å²) in [5.41, 5.74) is 0.723. The Bertz CT molecular complexity index is 509. The lowest BCUT2D eigenvalue weighted by molar-refractivity contribution is -0.00364. The third-order valence-corrected chi connectivity index (χ3v) is 4.75. The fourth-order valence-electron chi connectivity index (χ4n) is 3.22. The van der Waals surface area contributed by atoms with E-state index in [9.17, 15) is 9.90 Å². The molecule has 4 nitrogen and oxygen atoms in total. The first-order chi connectivity index (χ1) is 9.54. The number of β-amino-alcohol motifs (C(OH)–C–C–N with tert-alkyl or cyclic N) is 1. The van der Waals surface area contributed by atoms with Gasteiger partial charge < -0.3 is 15.1 Å². The standard InChI is InChI=1S/C16H21NO3/c1-11-8-17(10-16(11,20)14-6-7-14)15(19)13-4-2-12(9-18)3-5-13/h2-5,11,14,18,20H,6-10H2,1H3/t11-,16+/m1/s1. The van der Waals surface area contributed by atoms with Crippen LogP contribution in [0.15, 0.2) is 24.3 Å². The minimum absolute atomic E-state index is 0.0172. The largest absolute Gasteiger partial charge is 0.392 e. The van der Waals surface area contributed by atoms with Crippen LogP contribution in [0.4, 0.5) is 0 Å². The number of benzene rings is 1. The number of aliphatic hydroxyl groups excluding tert-OH is 1. The maximum atomic E-state index is 12.5.